The van der Waals surface area contributed by atoms with Crippen LogP contribution in [0, 0.1) is 0 Å². The number of primary sulfonamides is 1. The number of aryl methyl sites for hydroxylation is 1. The molecule has 0 saturated carbocycles. The van der Waals surface area contributed by atoms with Gasteiger partial charge in [-0.1, -0.05) is 0 Å². The summed E-state index contributed by atoms with van der Waals surface area (Å²) in [7, 11) is -3.60. The number of sulfonamides is 1. The number of fused-ring (bicyclic) bond motifs is 1. The van der Waals surface area contributed by atoms with E-state index in [4.69, 9.17) is 10.9 Å². The van der Waals surface area contributed by atoms with Crippen LogP contribution in [-0.4, -0.2) is 23.2 Å². The molecular formula is C6H11N5O2S. The molecule has 2 rings (SSSR count). The second kappa shape index (κ2) is 2.92. The lowest BCUT2D eigenvalue weighted by Gasteiger charge is -2.19. The van der Waals surface area contributed by atoms with E-state index in [1.165, 1.54) is 4.68 Å². The first-order valence-electron chi connectivity index (χ1n) is 4.20. The van der Waals surface area contributed by atoms with Crippen molar-refractivity contribution in [2.45, 2.75) is 24.6 Å². The summed E-state index contributed by atoms with van der Waals surface area (Å²) < 4.78 is 23.9. The van der Waals surface area contributed by atoms with Crippen LogP contribution in [0.2, 0.25) is 0 Å². The fourth-order valence-corrected chi connectivity index (χ4v) is 2.61. The fraction of sp³-hybridized carbons (Fsp3) is 0.667. The summed E-state index contributed by atoms with van der Waals surface area (Å²) in [4.78, 5) is 3.87. The molecule has 0 aliphatic carbocycles. The first-order valence-corrected chi connectivity index (χ1v) is 5.81. The summed E-state index contributed by atoms with van der Waals surface area (Å²) >= 11 is 0. The molecule has 1 aromatic heterocycles. The molecule has 0 spiro atoms. The lowest BCUT2D eigenvalue weighted by atomic mass is 10.2. The lowest BCUT2D eigenvalue weighted by molar-refractivity contribution is 0.457. The quantitative estimate of drug-likeness (QED) is 0.624. The minimum atomic E-state index is -3.60. The van der Waals surface area contributed by atoms with Crippen molar-refractivity contribution in [3.05, 3.63) is 5.82 Å². The van der Waals surface area contributed by atoms with E-state index in [0.29, 0.717) is 18.8 Å². The van der Waals surface area contributed by atoms with Crippen LogP contribution in [0.25, 0.3) is 0 Å². The average molecular weight is 217 g/mol. The SMILES string of the molecule is Nc1nc2n(n1)CCCC2S(N)(=O)=O. The van der Waals surface area contributed by atoms with E-state index in [1.807, 2.05) is 0 Å². The Bertz CT molecular complexity index is 451. The van der Waals surface area contributed by atoms with E-state index < -0.39 is 15.3 Å². The highest BCUT2D eigenvalue weighted by Crippen LogP contribution is 2.28. The van der Waals surface area contributed by atoms with E-state index in [1.54, 1.807) is 0 Å². The number of nitrogens with zero attached hydrogens (tertiary/aromatic N) is 3. The highest BCUT2D eigenvalue weighted by Gasteiger charge is 2.32. The van der Waals surface area contributed by atoms with Gasteiger partial charge in [0.25, 0.3) is 0 Å². The standard InChI is InChI=1S/C6H11N5O2S/c7-6-9-5-4(14(8,12)13)2-1-3-11(5)10-6/h4H,1-3H2,(H2,7,10)(H2,8,12,13). The summed E-state index contributed by atoms with van der Waals surface area (Å²) in [6.45, 7) is 0.644. The van der Waals surface area contributed by atoms with E-state index in [0.717, 1.165) is 6.42 Å². The number of hydrogen-bond acceptors (Lipinski definition) is 5. The number of aromatic nitrogens is 3. The molecule has 0 aromatic carbocycles. The molecule has 2 heterocycles. The maximum Gasteiger partial charge on any atom is 0.239 e. The van der Waals surface area contributed by atoms with Gasteiger partial charge < -0.3 is 5.73 Å². The van der Waals surface area contributed by atoms with Gasteiger partial charge in [0.1, 0.15) is 11.1 Å². The minimum absolute atomic E-state index is 0.0931. The third-order valence-corrected chi connectivity index (χ3v) is 3.48. The first kappa shape index (κ1) is 9.41. The summed E-state index contributed by atoms with van der Waals surface area (Å²) in [5, 5.41) is 8.20. The predicted molar refractivity (Wildman–Crippen MR) is 49.5 cm³/mol. The molecule has 0 radical (unpaired) electrons. The van der Waals surface area contributed by atoms with Crippen LogP contribution in [0.5, 0.6) is 0 Å². The molecule has 1 aromatic rings. The maximum absolute atomic E-state index is 11.2. The summed E-state index contributed by atoms with van der Waals surface area (Å²) in [5.74, 6) is 0.451. The van der Waals surface area contributed by atoms with Crippen LogP contribution < -0.4 is 10.9 Å². The Hall–Kier alpha value is -1.15. The van der Waals surface area contributed by atoms with Gasteiger partial charge in [-0.15, -0.1) is 5.10 Å². The molecule has 78 valence electrons. The first-order chi connectivity index (χ1) is 6.48. The third-order valence-electron chi connectivity index (χ3n) is 2.24. The van der Waals surface area contributed by atoms with Crippen molar-refractivity contribution in [3.63, 3.8) is 0 Å². The van der Waals surface area contributed by atoms with Crippen molar-refractivity contribution in [2.75, 3.05) is 5.73 Å². The van der Waals surface area contributed by atoms with Crippen LogP contribution in [0.15, 0.2) is 0 Å². The Morgan fingerprint density at radius 1 is 1.50 bits per heavy atom. The molecule has 0 bridgehead atoms. The molecule has 0 amide bonds. The second-order valence-electron chi connectivity index (χ2n) is 3.27. The largest absolute Gasteiger partial charge is 0.366 e. The van der Waals surface area contributed by atoms with Crippen molar-refractivity contribution < 1.29 is 8.42 Å². The topological polar surface area (TPSA) is 117 Å². The average Bonchev–Trinajstić information content (AvgIpc) is 2.41. The summed E-state index contributed by atoms with van der Waals surface area (Å²) in [5.41, 5.74) is 5.39. The van der Waals surface area contributed by atoms with Gasteiger partial charge in [0.2, 0.25) is 16.0 Å². The Morgan fingerprint density at radius 3 is 2.86 bits per heavy atom. The van der Waals surface area contributed by atoms with Crippen molar-refractivity contribution in [2.24, 2.45) is 5.14 Å². The lowest BCUT2D eigenvalue weighted by Crippen LogP contribution is -2.28. The number of nitrogens with two attached hydrogens (primary N) is 2. The van der Waals surface area contributed by atoms with Crippen LogP contribution in [0.4, 0.5) is 5.95 Å². The van der Waals surface area contributed by atoms with Gasteiger partial charge in [-0.05, 0) is 12.8 Å². The monoisotopic (exact) mass is 217 g/mol. The molecule has 7 nitrogen and oxygen atoms in total. The molecule has 4 N–H and O–H groups in total. The molecule has 1 aliphatic rings. The van der Waals surface area contributed by atoms with Crippen molar-refractivity contribution in [1.82, 2.24) is 14.8 Å². The maximum atomic E-state index is 11.2. The van der Waals surface area contributed by atoms with Gasteiger partial charge >= 0.3 is 0 Å². The number of nitrogen functional groups attached to an aromatic ring is 1. The normalized spacial score (nSPS) is 21.9. The summed E-state index contributed by atoms with van der Waals surface area (Å²) in [6, 6.07) is 0. The summed E-state index contributed by atoms with van der Waals surface area (Å²) in [6.07, 6.45) is 1.20. The smallest absolute Gasteiger partial charge is 0.239 e. The Labute approximate surface area is 81.2 Å². The van der Waals surface area contributed by atoms with E-state index in [2.05, 4.69) is 10.1 Å². The van der Waals surface area contributed by atoms with Gasteiger partial charge in [0.05, 0.1) is 0 Å². The number of hydrogen-bond donors (Lipinski definition) is 2. The van der Waals surface area contributed by atoms with Crippen molar-refractivity contribution in [3.8, 4) is 0 Å². The van der Waals surface area contributed by atoms with E-state index in [9.17, 15) is 8.42 Å². The fourth-order valence-electron chi connectivity index (χ4n) is 1.64. The van der Waals surface area contributed by atoms with Gasteiger partial charge in [0.15, 0.2) is 0 Å². The molecule has 0 saturated heterocycles. The van der Waals surface area contributed by atoms with Gasteiger partial charge in [0, 0.05) is 6.54 Å². The minimum Gasteiger partial charge on any atom is -0.366 e. The highest BCUT2D eigenvalue weighted by atomic mass is 32.2. The van der Waals surface area contributed by atoms with Crippen LogP contribution in [0.3, 0.4) is 0 Å². The van der Waals surface area contributed by atoms with Gasteiger partial charge in [-0.25, -0.2) is 18.2 Å². The molecule has 1 aliphatic heterocycles. The third kappa shape index (κ3) is 1.46. The van der Waals surface area contributed by atoms with Gasteiger partial charge in [-0.3, -0.25) is 0 Å². The zero-order valence-electron chi connectivity index (χ0n) is 7.42. The Morgan fingerprint density at radius 2 is 2.21 bits per heavy atom. The Kier molecular flexibility index (Phi) is 1.96. The highest BCUT2D eigenvalue weighted by molar-refractivity contribution is 7.89. The number of rotatable bonds is 1. The molecule has 1 unspecified atom stereocenters. The van der Waals surface area contributed by atoms with Crippen molar-refractivity contribution >= 4 is 16.0 Å². The zero-order chi connectivity index (χ0) is 10.3. The second-order valence-corrected chi connectivity index (χ2v) is 5.02. The van der Waals surface area contributed by atoms with E-state index >= 15 is 0 Å². The van der Waals surface area contributed by atoms with Crippen LogP contribution >= 0.6 is 0 Å². The molecule has 0 fully saturated rings. The molecular weight excluding hydrogens is 206 g/mol. The predicted octanol–water partition coefficient (Wildman–Crippen LogP) is -1.02. The number of anilines is 1. The van der Waals surface area contributed by atoms with Gasteiger partial charge in [-0.2, -0.15) is 4.98 Å². The zero-order valence-corrected chi connectivity index (χ0v) is 8.24. The molecule has 14 heavy (non-hydrogen) atoms. The Balaban J connectivity index is 2.50. The molecule has 8 heteroatoms. The van der Waals surface area contributed by atoms with E-state index in [-0.39, 0.29) is 5.95 Å². The van der Waals surface area contributed by atoms with Crippen LogP contribution in [-0.2, 0) is 16.6 Å². The van der Waals surface area contributed by atoms with Crippen molar-refractivity contribution in [1.29, 1.82) is 0 Å². The van der Waals surface area contributed by atoms with Crippen LogP contribution in [0.1, 0.15) is 23.9 Å². The molecule has 1 atom stereocenters.